The Kier molecular flexibility index (Phi) is 12.9. The van der Waals surface area contributed by atoms with Gasteiger partial charge in [0.1, 0.15) is 10.9 Å². The van der Waals surface area contributed by atoms with Gasteiger partial charge in [-0.2, -0.15) is 0 Å². The quantitative estimate of drug-likeness (QED) is 0.0779. The van der Waals surface area contributed by atoms with Crippen molar-refractivity contribution in [2.45, 2.75) is 56.1 Å². The summed E-state index contributed by atoms with van der Waals surface area (Å²) in [5.41, 5.74) is 7.16. The number of esters is 1. The Hall–Kier alpha value is -3.77. The number of carbonyl (C=O) groups is 2. The molecule has 2 saturated heterocycles. The first-order chi connectivity index (χ1) is 23.6. The number of sulfonamides is 1. The molecular formula is C32H44N8O6S3. The van der Waals surface area contributed by atoms with Crippen molar-refractivity contribution in [3.8, 4) is 0 Å². The Morgan fingerprint density at radius 1 is 1.16 bits per heavy atom. The molecule has 5 rings (SSSR count). The molecule has 266 valence electrons. The van der Waals surface area contributed by atoms with Crippen LogP contribution in [0.5, 0.6) is 0 Å². The van der Waals surface area contributed by atoms with Gasteiger partial charge in [-0.25, -0.2) is 18.2 Å². The maximum atomic E-state index is 13.4. The van der Waals surface area contributed by atoms with E-state index < -0.39 is 27.9 Å². The van der Waals surface area contributed by atoms with Crippen LogP contribution in [0.25, 0.3) is 0 Å². The third kappa shape index (κ3) is 10.1. The lowest BCUT2D eigenvalue weighted by Gasteiger charge is -2.40. The molecule has 3 aromatic rings. The van der Waals surface area contributed by atoms with Gasteiger partial charge in [0.25, 0.3) is 15.9 Å². The first kappa shape index (κ1) is 36.5. The number of hydrogen-bond donors (Lipinski definition) is 4. The van der Waals surface area contributed by atoms with E-state index in [0.29, 0.717) is 37.1 Å². The molecule has 2 aliphatic heterocycles. The largest absolute Gasteiger partial charge is 0.467 e. The predicted molar refractivity (Wildman–Crippen MR) is 193 cm³/mol. The lowest BCUT2D eigenvalue weighted by molar-refractivity contribution is -0.143. The number of aliphatic imine (C=N–C) groups is 1. The number of hydrogen-bond acceptors (Lipinski definition) is 13. The van der Waals surface area contributed by atoms with Crippen LogP contribution in [-0.4, -0.2) is 101 Å². The fraction of sp³-hybridized carbons (Fsp3) is 0.500. The molecule has 2 aromatic heterocycles. The van der Waals surface area contributed by atoms with Gasteiger partial charge in [0.2, 0.25) is 0 Å². The lowest BCUT2D eigenvalue weighted by atomic mass is 10.0. The molecule has 17 heteroatoms. The molecule has 2 aliphatic rings. The highest BCUT2D eigenvalue weighted by Crippen LogP contribution is 2.28. The summed E-state index contributed by atoms with van der Waals surface area (Å²) in [6.07, 6.45) is 2.98. The average molecular weight is 733 g/mol. The zero-order valence-electron chi connectivity index (χ0n) is 27.7. The van der Waals surface area contributed by atoms with Crippen molar-refractivity contribution in [2.24, 2.45) is 10.7 Å². The van der Waals surface area contributed by atoms with Crippen LogP contribution < -0.4 is 26.0 Å². The number of rotatable bonds is 15. The minimum absolute atomic E-state index is 0.0281. The van der Waals surface area contributed by atoms with Gasteiger partial charge in [-0.05, 0) is 62.3 Å². The Morgan fingerprint density at radius 2 is 1.94 bits per heavy atom. The number of methoxy groups -OCH3 is 1. The minimum atomic E-state index is -4.06. The smallest absolute Gasteiger partial charge is 0.328 e. The topological polar surface area (TPSA) is 181 Å². The third-order valence-corrected chi connectivity index (χ3v) is 11.6. The van der Waals surface area contributed by atoms with Gasteiger partial charge in [0, 0.05) is 49.8 Å². The Labute approximate surface area is 295 Å². The highest BCUT2D eigenvalue weighted by atomic mass is 32.2. The second kappa shape index (κ2) is 17.2. The van der Waals surface area contributed by atoms with Crippen molar-refractivity contribution in [3.63, 3.8) is 0 Å². The van der Waals surface area contributed by atoms with Crippen LogP contribution in [0.2, 0.25) is 0 Å². The van der Waals surface area contributed by atoms with Crippen molar-refractivity contribution < 1.29 is 27.5 Å². The molecule has 1 atom stereocenters. The van der Waals surface area contributed by atoms with E-state index in [4.69, 9.17) is 20.2 Å². The number of carbonyl (C=O) groups excluding carboxylic acids is 2. The van der Waals surface area contributed by atoms with Crippen LogP contribution in [-0.2, 0) is 30.8 Å². The molecule has 0 spiro atoms. The number of ether oxygens (including phenoxy) is 2. The number of thiophene rings is 1. The number of thiazole rings is 1. The number of piperidine rings is 1. The number of morpholine rings is 1. The second-order valence-corrected chi connectivity index (χ2v) is 15.3. The first-order valence-corrected chi connectivity index (χ1v) is 19.5. The van der Waals surface area contributed by atoms with Gasteiger partial charge in [-0.1, -0.05) is 6.07 Å². The SMILES string of the molecule is COC(=O)[C@H](CCCN=C(C)N)NC(=O)c1sccc1NS(=O)(=O)c1cccc(NCc2csc(N3CCC(N4CCOCC4)CC3)n2)c1. The van der Waals surface area contributed by atoms with Gasteiger partial charge < -0.3 is 30.7 Å². The molecule has 1 amide bonds. The monoisotopic (exact) mass is 732 g/mol. The number of aromatic nitrogens is 1. The molecule has 0 aliphatic carbocycles. The van der Waals surface area contributed by atoms with Gasteiger partial charge >= 0.3 is 5.97 Å². The molecule has 0 radical (unpaired) electrons. The van der Waals surface area contributed by atoms with E-state index >= 15 is 0 Å². The van der Waals surface area contributed by atoms with Gasteiger partial charge in [0.15, 0.2) is 5.13 Å². The van der Waals surface area contributed by atoms with Crippen LogP contribution >= 0.6 is 22.7 Å². The maximum absolute atomic E-state index is 13.4. The summed E-state index contributed by atoms with van der Waals surface area (Å²) < 4.78 is 39.7. The second-order valence-electron chi connectivity index (χ2n) is 11.9. The number of nitrogens with zero attached hydrogens (tertiary/aromatic N) is 4. The summed E-state index contributed by atoms with van der Waals surface area (Å²) in [4.78, 5) is 39.5. The van der Waals surface area contributed by atoms with Crippen LogP contribution in [0.4, 0.5) is 16.5 Å². The van der Waals surface area contributed by atoms with Gasteiger partial charge in [-0.15, -0.1) is 22.7 Å². The molecule has 2 fully saturated rings. The van der Waals surface area contributed by atoms with Crippen molar-refractivity contribution >= 4 is 66.9 Å². The Bertz CT molecular complexity index is 1690. The number of benzene rings is 1. The standard InChI is InChI=1S/C32H44N8O6S3/c1-22(33)34-11-4-7-28(31(42)45-2)37-30(41)29-27(10-18-47-29)38-49(43,44)26-6-3-5-23(19-26)35-20-24-21-48-32(36-24)40-12-8-25(9-13-40)39-14-16-46-17-15-39/h3,5-6,10,18-19,21,25,28,35,38H,4,7-9,11-17,20H2,1-2H3,(H2,33,34)(H,37,41)/t28-/m0/s1. The summed E-state index contributed by atoms with van der Waals surface area (Å²) in [6, 6.07) is 7.65. The van der Waals surface area contributed by atoms with Crippen molar-refractivity contribution in [1.29, 1.82) is 0 Å². The number of amidine groups is 1. The predicted octanol–water partition coefficient (Wildman–Crippen LogP) is 3.35. The summed E-state index contributed by atoms with van der Waals surface area (Å²) in [5.74, 6) is -0.779. The highest BCUT2D eigenvalue weighted by molar-refractivity contribution is 7.92. The van der Waals surface area contributed by atoms with Crippen LogP contribution in [0.1, 0.15) is 48.0 Å². The van der Waals surface area contributed by atoms with Crippen molar-refractivity contribution in [3.05, 3.63) is 51.7 Å². The van der Waals surface area contributed by atoms with E-state index in [0.717, 1.165) is 74.4 Å². The third-order valence-electron chi connectivity index (χ3n) is 8.37. The first-order valence-electron chi connectivity index (χ1n) is 16.2. The molecule has 14 nitrogen and oxygen atoms in total. The molecule has 0 bridgehead atoms. The Balaban J connectivity index is 1.15. The van der Waals surface area contributed by atoms with E-state index in [-0.39, 0.29) is 21.9 Å². The highest BCUT2D eigenvalue weighted by Gasteiger charge is 2.28. The lowest BCUT2D eigenvalue weighted by Crippen LogP contribution is -2.49. The number of amides is 1. The number of nitrogens with two attached hydrogens (primary N) is 1. The summed E-state index contributed by atoms with van der Waals surface area (Å²) in [7, 11) is -2.82. The van der Waals surface area contributed by atoms with E-state index in [2.05, 4.69) is 30.1 Å². The zero-order chi connectivity index (χ0) is 34.8. The van der Waals surface area contributed by atoms with Crippen molar-refractivity contribution in [1.82, 2.24) is 15.2 Å². The van der Waals surface area contributed by atoms with Crippen LogP contribution in [0, 0.1) is 0 Å². The molecule has 0 unspecified atom stereocenters. The molecule has 4 heterocycles. The Morgan fingerprint density at radius 3 is 2.67 bits per heavy atom. The average Bonchev–Trinajstić information content (AvgIpc) is 3.78. The summed E-state index contributed by atoms with van der Waals surface area (Å²) in [5, 5.41) is 10.6. The normalized spacial score (nSPS) is 17.0. The van der Waals surface area contributed by atoms with E-state index in [1.54, 1.807) is 35.8 Å². The van der Waals surface area contributed by atoms with Crippen LogP contribution in [0.3, 0.4) is 0 Å². The fourth-order valence-electron chi connectivity index (χ4n) is 5.79. The summed E-state index contributed by atoms with van der Waals surface area (Å²) >= 11 is 2.68. The van der Waals surface area contributed by atoms with E-state index in [1.165, 1.54) is 25.3 Å². The summed E-state index contributed by atoms with van der Waals surface area (Å²) in [6.45, 7) is 8.09. The fourth-order valence-corrected chi connectivity index (χ4v) is 8.60. The molecule has 0 saturated carbocycles. The van der Waals surface area contributed by atoms with Crippen LogP contribution in [0.15, 0.2) is 51.0 Å². The van der Waals surface area contributed by atoms with Gasteiger partial charge in [0.05, 0.1) is 49.0 Å². The zero-order valence-corrected chi connectivity index (χ0v) is 30.2. The van der Waals surface area contributed by atoms with Gasteiger partial charge in [-0.3, -0.25) is 19.4 Å². The molecule has 1 aromatic carbocycles. The maximum Gasteiger partial charge on any atom is 0.328 e. The van der Waals surface area contributed by atoms with E-state index in [1.807, 2.05) is 5.38 Å². The number of anilines is 3. The van der Waals surface area contributed by atoms with E-state index in [9.17, 15) is 18.0 Å². The number of nitrogens with one attached hydrogen (secondary N) is 3. The van der Waals surface area contributed by atoms with Crippen molar-refractivity contribution in [2.75, 3.05) is 68.0 Å². The molecule has 5 N–H and O–H groups in total. The minimum Gasteiger partial charge on any atom is -0.467 e. The molecule has 49 heavy (non-hydrogen) atoms. The molecular weight excluding hydrogens is 689 g/mol.